The first-order valence-electron chi connectivity index (χ1n) is 15.6. The number of para-hydroxylation sites is 1. The number of benzene rings is 2. The summed E-state index contributed by atoms with van der Waals surface area (Å²) in [4.78, 5) is 43.2. The maximum absolute atomic E-state index is 14.5. The third-order valence-electron chi connectivity index (χ3n) is 7.52. The van der Waals surface area contributed by atoms with Crippen molar-refractivity contribution in [3.63, 3.8) is 0 Å². The molecule has 2 aromatic carbocycles. The molecule has 0 aliphatic rings. The number of amides is 3. The van der Waals surface area contributed by atoms with Gasteiger partial charge in [-0.05, 0) is 82.2 Å². The van der Waals surface area contributed by atoms with Gasteiger partial charge in [-0.1, -0.05) is 94.8 Å². The zero-order chi connectivity index (χ0) is 32.3. The second-order valence-electron chi connectivity index (χ2n) is 12.8. The van der Waals surface area contributed by atoms with E-state index in [0.717, 1.165) is 48.8 Å². The molecule has 43 heavy (non-hydrogen) atoms. The predicted octanol–water partition coefficient (Wildman–Crippen LogP) is 8.68. The second-order valence-corrected chi connectivity index (χ2v) is 13.2. The van der Waals surface area contributed by atoms with E-state index >= 15 is 0 Å². The SMILES string of the molecule is CCCCCCCCN(C(=O)C(NC(=O)OC(C)(C)C)C(C)C)C(C(=O)Nc1c(C)cccc1Cl)c1ccc(C)c(C)c1. The fourth-order valence-electron chi connectivity index (χ4n) is 4.95. The fraction of sp³-hybridized carbons (Fsp3) is 0.571. The van der Waals surface area contributed by atoms with E-state index in [-0.39, 0.29) is 17.7 Å². The molecule has 0 heterocycles. The van der Waals surface area contributed by atoms with Crippen LogP contribution in [0.3, 0.4) is 0 Å². The number of aryl methyl sites for hydroxylation is 3. The summed E-state index contributed by atoms with van der Waals surface area (Å²) in [7, 11) is 0. The molecule has 0 aliphatic heterocycles. The van der Waals surface area contributed by atoms with Gasteiger partial charge in [0, 0.05) is 6.54 Å². The average molecular weight is 614 g/mol. The quantitative estimate of drug-likeness (QED) is 0.209. The number of halogens is 1. The molecular formula is C35H52ClN3O4. The Morgan fingerprint density at radius 2 is 1.56 bits per heavy atom. The zero-order valence-electron chi connectivity index (χ0n) is 27.6. The van der Waals surface area contributed by atoms with E-state index in [9.17, 15) is 14.4 Å². The smallest absolute Gasteiger partial charge is 0.408 e. The van der Waals surface area contributed by atoms with Crippen LogP contribution < -0.4 is 10.6 Å². The lowest BCUT2D eigenvalue weighted by Gasteiger charge is -2.36. The van der Waals surface area contributed by atoms with Crippen LogP contribution in [-0.2, 0) is 14.3 Å². The van der Waals surface area contributed by atoms with Gasteiger partial charge in [0.2, 0.25) is 5.91 Å². The summed E-state index contributed by atoms with van der Waals surface area (Å²) in [5.41, 5.74) is 3.42. The van der Waals surface area contributed by atoms with Crippen LogP contribution in [-0.4, -0.2) is 41.0 Å². The molecule has 0 radical (unpaired) electrons. The minimum atomic E-state index is -0.945. The van der Waals surface area contributed by atoms with E-state index < -0.39 is 23.8 Å². The van der Waals surface area contributed by atoms with Gasteiger partial charge in [0.1, 0.15) is 17.7 Å². The molecule has 0 saturated carbocycles. The fourth-order valence-corrected chi connectivity index (χ4v) is 5.21. The number of nitrogens with zero attached hydrogens (tertiary/aromatic N) is 1. The monoisotopic (exact) mass is 613 g/mol. The third kappa shape index (κ3) is 11.2. The van der Waals surface area contributed by atoms with Crippen LogP contribution in [0.2, 0.25) is 5.02 Å². The third-order valence-corrected chi connectivity index (χ3v) is 7.83. The summed E-state index contributed by atoms with van der Waals surface area (Å²) in [6.07, 6.45) is 5.49. The van der Waals surface area contributed by atoms with E-state index in [4.69, 9.17) is 16.3 Å². The van der Waals surface area contributed by atoms with Crippen LogP contribution in [0.1, 0.15) is 108 Å². The van der Waals surface area contributed by atoms with Gasteiger partial charge < -0.3 is 20.3 Å². The lowest BCUT2D eigenvalue weighted by atomic mass is 9.96. The van der Waals surface area contributed by atoms with Crippen molar-refractivity contribution in [2.75, 3.05) is 11.9 Å². The highest BCUT2D eigenvalue weighted by molar-refractivity contribution is 6.34. The maximum atomic E-state index is 14.5. The van der Waals surface area contributed by atoms with Crippen molar-refractivity contribution in [2.24, 2.45) is 5.92 Å². The zero-order valence-corrected chi connectivity index (χ0v) is 28.4. The molecule has 2 aromatic rings. The molecule has 2 atom stereocenters. The Balaban J connectivity index is 2.58. The molecular weight excluding hydrogens is 562 g/mol. The van der Waals surface area contributed by atoms with Crippen molar-refractivity contribution in [1.82, 2.24) is 10.2 Å². The number of nitrogens with one attached hydrogen (secondary N) is 2. The van der Waals surface area contributed by atoms with Gasteiger partial charge in [-0.2, -0.15) is 0 Å². The van der Waals surface area contributed by atoms with Crippen molar-refractivity contribution in [3.05, 3.63) is 63.7 Å². The lowest BCUT2D eigenvalue weighted by Crippen LogP contribution is -2.54. The van der Waals surface area contributed by atoms with Crippen molar-refractivity contribution >= 4 is 35.2 Å². The molecule has 2 unspecified atom stereocenters. The molecule has 0 saturated heterocycles. The Labute approximate surface area is 264 Å². The molecule has 2 rings (SSSR count). The van der Waals surface area contributed by atoms with Gasteiger partial charge in [-0.15, -0.1) is 0 Å². The summed E-state index contributed by atoms with van der Waals surface area (Å²) in [5.74, 6) is -0.941. The normalized spacial score (nSPS) is 12.9. The molecule has 0 fully saturated rings. The van der Waals surface area contributed by atoms with Gasteiger partial charge in [-0.3, -0.25) is 9.59 Å². The van der Waals surface area contributed by atoms with Crippen LogP contribution in [0.5, 0.6) is 0 Å². The van der Waals surface area contributed by atoms with Crippen LogP contribution in [0.25, 0.3) is 0 Å². The number of hydrogen-bond donors (Lipinski definition) is 2. The number of alkyl carbamates (subject to hydrolysis) is 1. The first-order chi connectivity index (χ1) is 20.2. The van der Waals surface area contributed by atoms with Gasteiger partial charge in [-0.25, -0.2) is 4.79 Å². The van der Waals surface area contributed by atoms with Gasteiger partial charge in [0.15, 0.2) is 0 Å². The molecule has 0 spiro atoms. The van der Waals surface area contributed by atoms with Crippen molar-refractivity contribution in [3.8, 4) is 0 Å². The number of unbranched alkanes of at least 4 members (excludes halogenated alkanes) is 5. The second kappa shape index (κ2) is 16.7. The molecule has 7 nitrogen and oxygen atoms in total. The molecule has 0 aromatic heterocycles. The number of rotatable bonds is 14. The summed E-state index contributed by atoms with van der Waals surface area (Å²) in [5, 5.41) is 6.25. The van der Waals surface area contributed by atoms with Crippen molar-refractivity contribution < 1.29 is 19.1 Å². The minimum Gasteiger partial charge on any atom is -0.444 e. The number of hydrogen-bond acceptors (Lipinski definition) is 4. The summed E-state index contributed by atoms with van der Waals surface area (Å²) >= 11 is 6.50. The summed E-state index contributed by atoms with van der Waals surface area (Å²) in [6.45, 7) is 17.5. The minimum absolute atomic E-state index is 0.249. The van der Waals surface area contributed by atoms with E-state index in [1.807, 2.05) is 65.0 Å². The average Bonchev–Trinajstić information content (AvgIpc) is 2.91. The Bertz CT molecular complexity index is 1220. The molecule has 0 bridgehead atoms. The maximum Gasteiger partial charge on any atom is 0.408 e. The number of ether oxygens (including phenoxy) is 1. The highest BCUT2D eigenvalue weighted by Crippen LogP contribution is 2.31. The predicted molar refractivity (Wildman–Crippen MR) is 177 cm³/mol. The highest BCUT2D eigenvalue weighted by atomic mass is 35.5. The number of anilines is 1. The van der Waals surface area contributed by atoms with Crippen LogP contribution >= 0.6 is 11.6 Å². The van der Waals surface area contributed by atoms with Crippen LogP contribution in [0.4, 0.5) is 10.5 Å². The van der Waals surface area contributed by atoms with E-state index in [1.165, 1.54) is 6.42 Å². The lowest BCUT2D eigenvalue weighted by molar-refractivity contribution is -0.141. The Morgan fingerprint density at radius 3 is 2.14 bits per heavy atom. The van der Waals surface area contributed by atoms with Crippen LogP contribution in [0.15, 0.2) is 36.4 Å². The highest BCUT2D eigenvalue weighted by Gasteiger charge is 2.37. The molecule has 238 valence electrons. The van der Waals surface area contributed by atoms with Gasteiger partial charge in [0.05, 0.1) is 10.7 Å². The van der Waals surface area contributed by atoms with Gasteiger partial charge >= 0.3 is 6.09 Å². The van der Waals surface area contributed by atoms with E-state index in [0.29, 0.717) is 22.8 Å². The Hall–Kier alpha value is -3.06. The van der Waals surface area contributed by atoms with Crippen LogP contribution in [0, 0.1) is 26.7 Å². The molecule has 2 N–H and O–H groups in total. The first-order valence-corrected chi connectivity index (χ1v) is 16.0. The largest absolute Gasteiger partial charge is 0.444 e. The summed E-state index contributed by atoms with van der Waals surface area (Å²) < 4.78 is 5.50. The topological polar surface area (TPSA) is 87.7 Å². The van der Waals surface area contributed by atoms with E-state index in [2.05, 4.69) is 17.6 Å². The first kappa shape index (κ1) is 36.1. The Morgan fingerprint density at radius 1 is 0.907 bits per heavy atom. The van der Waals surface area contributed by atoms with Crippen molar-refractivity contribution in [2.45, 2.75) is 119 Å². The standard InChI is InChI=1S/C35H52ClN3O4/c1-10-11-12-13-14-15-21-39(33(41)29(23(2)3)38-34(42)43-35(7,8)9)31(27-20-19-24(4)26(6)22-27)32(40)37-30-25(5)17-16-18-28(30)36/h16-20,22-23,29,31H,10-15,21H2,1-9H3,(H,37,40)(H,38,42). The summed E-state index contributed by atoms with van der Waals surface area (Å²) in [6, 6.07) is 9.44. The van der Waals surface area contributed by atoms with E-state index in [1.54, 1.807) is 31.7 Å². The Kier molecular flexibility index (Phi) is 14.0. The number of carbonyl (C=O) groups is 3. The van der Waals surface area contributed by atoms with Gasteiger partial charge in [0.25, 0.3) is 5.91 Å². The van der Waals surface area contributed by atoms with Crippen molar-refractivity contribution in [1.29, 1.82) is 0 Å². The molecule has 8 heteroatoms. The molecule has 0 aliphatic carbocycles. The molecule has 3 amide bonds. The number of carbonyl (C=O) groups excluding carboxylic acids is 3.